The van der Waals surface area contributed by atoms with Gasteiger partial charge in [0.25, 0.3) is 0 Å². The highest BCUT2D eigenvalue weighted by Crippen LogP contribution is 2.45. The second kappa shape index (κ2) is 24.6. The molecule has 0 atom stereocenters. The summed E-state index contributed by atoms with van der Waals surface area (Å²) in [7, 11) is 0. The van der Waals surface area contributed by atoms with E-state index in [2.05, 4.69) is 234 Å². The molecule has 0 amide bonds. The van der Waals surface area contributed by atoms with Gasteiger partial charge in [-0.2, -0.15) is 15.8 Å². The van der Waals surface area contributed by atoms with Gasteiger partial charge in [0.1, 0.15) is 0 Å². The average Bonchev–Trinajstić information content (AvgIpc) is 1.63. The smallest absolute Gasteiger partial charge is 0.166 e. The van der Waals surface area contributed by atoms with E-state index < -0.39 is 0 Å². The van der Waals surface area contributed by atoms with Gasteiger partial charge in [0.2, 0.25) is 0 Å². The quantitative estimate of drug-likeness (QED) is 0.120. The minimum atomic E-state index is 0.368. The molecule has 8 nitrogen and oxygen atoms in total. The van der Waals surface area contributed by atoms with Gasteiger partial charge in [-0.25, -0.2) is 15.0 Å². The van der Waals surface area contributed by atoms with Crippen molar-refractivity contribution in [2.24, 2.45) is 0 Å². The standard InChI is InChI=1S/C90H54N8/c91-55-70-28-13-16-33-73(70)66-31-19-32-69(48-66)88-94-89(80-53-67(74-34-17-14-29-71(74)56-92)40-46-86(80)97-82-42-36-62(58-20-5-1-6-21-58)49-76(82)77-50-63(37-43-83(77)97)59-22-7-2-8-23-59)96-90(95-88)81-54-68(75-35-18-15-30-72(75)57-93)41-47-87(81)98-84-44-38-64(60-24-9-3-10-25-60)51-78(84)79-52-65(39-45-85(79)98)61-26-11-4-12-27-61/h1-54H. The van der Waals surface area contributed by atoms with E-state index in [0.717, 1.165) is 133 Å². The minimum absolute atomic E-state index is 0.368. The van der Waals surface area contributed by atoms with E-state index >= 15 is 0 Å². The summed E-state index contributed by atoms with van der Waals surface area (Å²) in [6, 6.07) is 120. The fourth-order valence-electron chi connectivity index (χ4n) is 14.0. The molecule has 0 aliphatic heterocycles. The second-order valence-electron chi connectivity index (χ2n) is 24.4. The molecule has 14 aromatic carbocycles. The zero-order chi connectivity index (χ0) is 65.6. The number of nitrogens with zero attached hydrogens (tertiary/aromatic N) is 8. The number of nitriles is 3. The van der Waals surface area contributed by atoms with Crippen LogP contribution in [-0.4, -0.2) is 24.1 Å². The zero-order valence-electron chi connectivity index (χ0n) is 52.8. The van der Waals surface area contributed by atoms with E-state index in [1.165, 1.54) is 0 Å². The number of hydrogen-bond donors (Lipinski definition) is 0. The molecule has 0 radical (unpaired) electrons. The van der Waals surface area contributed by atoms with Crippen molar-refractivity contribution in [3.63, 3.8) is 0 Å². The van der Waals surface area contributed by atoms with Gasteiger partial charge in [-0.15, -0.1) is 0 Å². The molecule has 0 saturated carbocycles. The lowest BCUT2D eigenvalue weighted by Crippen LogP contribution is -2.06. The molecule has 3 heterocycles. The lowest BCUT2D eigenvalue weighted by atomic mass is 9.96. The highest BCUT2D eigenvalue weighted by atomic mass is 15.1. The van der Waals surface area contributed by atoms with Crippen LogP contribution in [0.4, 0.5) is 0 Å². The van der Waals surface area contributed by atoms with Gasteiger partial charge in [-0.3, -0.25) is 0 Å². The van der Waals surface area contributed by atoms with Gasteiger partial charge < -0.3 is 9.13 Å². The Morgan fingerprint density at radius 2 is 0.480 bits per heavy atom. The van der Waals surface area contributed by atoms with Crippen molar-refractivity contribution in [2.45, 2.75) is 0 Å². The van der Waals surface area contributed by atoms with Crippen LogP contribution in [0.15, 0.2) is 328 Å². The van der Waals surface area contributed by atoms with Crippen LogP contribution in [0.3, 0.4) is 0 Å². The fraction of sp³-hybridized carbons (Fsp3) is 0. The number of fused-ring (bicyclic) bond motifs is 6. The third kappa shape index (κ3) is 10.3. The van der Waals surface area contributed by atoms with Crippen LogP contribution in [0.2, 0.25) is 0 Å². The van der Waals surface area contributed by atoms with Gasteiger partial charge in [0.15, 0.2) is 17.5 Å². The van der Waals surface area contributed by atoms with Crippen LogP contribution in [0, 0.1) is 34.0 Å². The lowest BCUT2D eigenvalue weighted by molar-refractivity contribution is 1.06. The van der Waals surface area contributed by atoms with Crippen LogP contribution >= 0.6 is 0 Å². The summed E-state index contributed by atoms with van der Waals surface area (Å²) >= 11 is 0. The van der Waals surface area contributed by atoms with E-state index in [-0.39, 0.29) is 0 Å². The summed E-state index contributed by atoms with van der Waals surface area (Å²) in [5.41, 5.74) is 22.6. The first-order chi connectivity index (χ1) is 48.4. The molecule has 0 aliphatic rings. The van der Waals surface area contributed by atoms with Crippen LogP contribution in [0.1, 0.15) is 16.7 Å². The van der Waals surface area contributed by atoms with E-state index in [0.29, 0.717) is 50.9 Å². The maximum atomic E-state index is 10.8. The Morgan fingerprint density at radius 3 is 0.816 bits per heavy atom. The first kappa shape index (κ1) is 58.0. The first-order valence-corrected chi connectivity index (χ1v) is 32.5. The largest absolute Gasteiger partial charge is 0.308 e. The Balaban J connectivity index is 0.982. The Hall–Kier alpha value is -13.8. The molecule has 8 heteroatoms. The van der Waals surface area contributed by atoms with Crippen molar-refractivity contribution >= 4 is 43.6 Å². The van der Waals surface area contributed by atoms with E-state index in [9.17, 15) is 15.8 Å². The number of aromatic nitrogens is 5. The Morgan fingerprint density at radius 1 is 0.204 bits per heavy atom. The summed E-state index contributed by atoms with van der Waals surface area (Å²) in [5, 5.41) is 36.3. The molecule has 0 bridgehead atoms. The predicted molar refractivity (Wildman–Crippen MR) is 397 cm³/mol. The van der Waals surface area contributed by atoms with Crippen molar-refractivity contribution in [1.29, 1.82) is 15.8 Å². The molecular weight excluding hydrogens is 1190 g/mol. The average molecular weight is 1250 g/mol. The molecule has 0 saturated heterocycles. The van der Waals surface area contributed by atoms with Gasteiger partial charge in [0.05, 0.1) is 68.3 Å². The molecule has 98 heavy (non-hydrogen) atoms. The number of hydrogen-bond acceptors (Lipinski definition) is 6. The third-order valence-corrected chi connectivity index (χ3v) is 18.7. The van der Waals surface area contributed by atoms with Crippen LogP contribution in [0.25, 0.3) is 167 Å². The van der Waals surface area contributed by atoms with E-state index in [4.69, 9.17) is 15.0 Å². The third-order valence-electron chi connectivity index (χ3n) is 18.7. The van der Waals surface area contributed by atoms with Gasteiger partial charge >= 0.3 is 0 Å². The minimum Gasteiger partial charge on any atom is -0.308 e. The van der Waals surface area contributed by atoms with Crippen LogP contribution in [-0.2, 0) is 0 Å². The summed E-state index contributed by atoms with van der Waals surface area (Å²) in [5.74, 6) is 1.12. The highest BCUT2D eigenvalue weighted by molar-refractivity contribution is 6.14. The molecule has 0 fully saturated rings. The van der Waals surface area contributed by atoms with Gasteiger partial charge in [0, 0.05) is 38.2 Å². The van der Waals surface area contributed by atoms with Crippen molar-refractivity contribution in [1.82, 2.24) is 24.1 Å². The molecular formula is C90H54N8. The summed E-state index contributed by atoms with van der Waals surface area (Å²) in [6.07, 6.45) is 0. The normalized spacial score (nSPS) is 11.2. The number of rotatable bonds is 12. The van der Waals surface area contributed by atoms with Crippen molar-refractivity contribution in [3.8, 4) is 142 Å². The fourth-order valence-corrected chi connectivity index (χ4v) is 14.0. The molecule has 0 spiro atoms. The Bertz CT molecular complexity index is 5630. The lowest BCUT2D eigenvalue weighted by Gasteiger charge is -2.19. The topological polar surface area (TPSA) is 120 Å². The molecule has 454 valence electrons. The molecule has 17 aromatic rings. The van der Waals surface area contributed by atoms with Crippen molar-refractivity contribution < 1.29 is 0 Å². The Labute approximate surface area is 566 Å². The molecule has 0 aliphatic carbocycles. The molecule has 17 rings (SSSR count). The van der Waals surface area contributed by atoms with Gasteiger partial charge in [-0.05, 0) is 175 Å². The van der Waals surface area contributed by atoms with Crippen LogP contribution in [0.5, 0.6) is 0 Å². The summed E-state index contributed by atoms with van der Waals surface area (Å²) in [4.78, 5) is 17.1. The monoisotopic (exact) mass is 1250 g/mol. The van der Waals surface area contributed by atoms with Crippen LogP contribution < -0.4 is 0 Å². The predicted octanol–water partition coefficient (Wildman–Crippen LogP) is 22.4. The van der Waals surface area contributed by atoms with Crippen molar-refractivity contribution in [2.75, 3.05) is 0 Å². The van der Waals surface area contributed by atoms with Crippen molar-refractivity contribution in [3.05, 3.63) is 344 Å². The first-order valence-electron chi connectivity index (χ1n) is 32.5. The molecule has 0 N–H and O–H groups in total. The summed E-state index contributed by atoms with van der Waals surface area (Å²) in [6.45, 7) is 0. The maximum absolute atomic E-state index is 10.8. The number of benzene rings is 14. The molecule has 0 unspecified atom stereocenters. The SMILES string of the molecule is N#Cc1ccccc1-c1cccc(-c2nc(-c3cc(-c4ccccc4C#N)ccc3-n3c4ccc(-c5ccccc5)cc4c4cc(-c5ccccc5)ccc43)nc(-c3cc(-c4ccccc4C#N)ccc3-n3c4ccc(-c5ccccc5)cc4c4cc(-c5ccccc5)ccc43)n2)c1. The van der Waals surface area contributed by atoms with Gasteiger partial charge in [-0.1, -0.05) is 231 Å². The van der Waals surface area contributed by atoms with E-state index in [1.54, 1.807) is 0 Å². The maximum Gasteiger partial charge on any atom is 0.166 e. The second-order valence-corrected chi connectivity index (χ2v) is 24.4. The summed E-state index contributed by atoms with van der Waals surface area (Å²) < 4.78 is 4.64. The highest BCUT2D eigenvalue weighted by Gasteiger charge is 2.26. The zero-order valence-corrected chi connectivity index (χ0v) is 52.8. The Kier molecular flexibility index (Phi) is 14.5. The van der Waals surface area contributed by atoms with E-state index in [1.807, 2.05) is 121 Å². The molecule has 3 aromatic heterocycles.